The van der Waals surface area contributed by atoms with Crippen LogP contribution in [0.15, 0.2) is 0 Å². The van der Waals surface area contributed by atoms with Crippen molar-refractivity contribution in [2.24, 2.45) is 0 Å². The second-order valence-electron chi connectivity index (χ2n) is 4.22. The summed E-state index contributed by atoms with van der Waals surface area (Å²) < 4.78 is 27.4. The van der Waals surface area contributed by atoms with Crippen LogP contribution in [0.25, 0.3) is 0 Å². The van der Waals surface area contributed by atoms with Crippen molar-refractivity contribution in [1.82, 2.24) is 10.2 Å². The molecule has 5 nitrogen and oxygen atoms in total. The summed E-state index contributed by atoms with van der Waals surface area (Å²) >= 11 is 0. The quantitative estimate of drug-likeness (QED) is 0.634. The Balaban J connectivity index is 2.13. The first-order valence-corrected chi connectivity index (χ1v) is 7.79. The maximum Gasteiger partial charge on any atom is 0.148 e. The molecule has 0 radical (unpaired) electrons. The molecule has 1 atom stereocenters. The van der Waals surface area contributed by atoms with Crippen LogP contribution in [-0.2, 0) is 14.6 Å². The molecular weight excluding hydrogens is 228 g/mol. The van der Waals surface area contributed by atoms with Crippen molar-refractivity contribution in [3.63, 3.8) is 0 Å². The summed E-state index contributed by atoms with van der Waals surface area (Å²) in [6.07, 6.45) is 1.44. The van der Waals surface area contributed by atoms with Crippen molar-refractivity contribution in [2.75, 3.05) is 51.3 Å². The lowest BCUT2D eigenvalue weighted by Gasteiger charge is -2.32. The number of nitrogens with zero attached hydrogens (tertiary/aromatic N) is 1. The van der Waals surface area contributed by atoms with Gasteiger partial charge in [-0.3, -0.25) is 4.90 Å². The van der Waals surface area contributed by atoms with Crippen molar-refractivity contribution in [3.8, 4) is 0 Å². The van der Waals surface area contributed by atoms with E-state index in [0.717, 1.165) is 32.8 Å². The third kappa shape index (κ3) is 5.79. The molecule has 0 bridgehead atoms. The van der Waals surface area contributed by atoms with Gasteiger partial charge >= 0.3 is 0 Å². The van der Waals surface area contributed by atoms with Crippen LogP contribution in [0.1, 0.15) is 6.92 Å². The molecule has 0 aromatic heterocycles. The normalized spacial score (nSPS) is 23.5. The highest BCUT2D eigenvalue weighted by Gasteiger charge is 2.18. The largest absolute Gasteiger partial charge is 0.374 e. The second-order valence-corrected chi connectivity index (χ2v) is 6.48. The summed E-state index contributed by atoms with van der Waals surface area (Å²) in [5.74, 6) is 0.192. The lowest BCUT2D eigenvalue weighted by Crippen LogP contribution is -2.46. The van der Waals surface area contributed by atoms with Crippen LogP contribution in [0, 0.1) is 0 Å². The van der Waals surface area contributed by atoms with E-state index in [2.05, 4.69) is 17.1 Å². The van der Waals surface area contributed by atoms with E-state index in [-0.39, 0.29) is 11.9 Å². The maximum atomic E-state index is 10.9. The highest BCUT2D eigenvalue weighted by molar-refractivity contribution is 7.90. The lowest BCUT2D eigenvalue weighted by molar-refractivity contribution is -0.0249. The fourth-order valence-corrected chi connectivity index (χ4v) is 2.23. The fourth-order valence-electron chi connectivity index (χ4n) is 1.71. The molecule has 1 aliphatic rings. The van der Waals surface area contributed by atoms with Gasteiger partial charge in [-0.05, 0) is 6.54 Å². The summed E-state index contributed by atoms with van der Waals surface area (Å²) in [5.41, 5.74) is 0. The van der Waals surface area contributed by atoms with Crippen molar-refractivity contribution in [3.05, 3.63) is 0 Å². The fraction of sp³-hybridized carbons (Fsp3) is 1.00. The lowest BCUT2D eigenvalue weighted by atomic mass is 10.2. The third-order valence-corrected chi connectivity index (χ3v) is 3.64. The van der Waals surface area contributed by atoms with Gasteiger partial charge in [0.15, 0.2) is 0 Å². The van der Waals surface area contributed by atoms with Gasteiger partial charge < -0.3 is 10.1 Å². The summed E-state index contributed by atoms with van der Waals surface area (Å²) in [5, 5.41) is 3.13. The molecule has 0 unspecified atom stereocenters. The highest BCUT2D eigenvalue weighted by Crippen LogP contribution is 2.03. The Morgan fingerprint density at radius 3 is 2.88 bits per heavy atom. The first-order valence-electron chi connectivity index (χ1n) is 5.73. The Hall–Kier alpha value is -0.170. The van der Waals surface area contributed by atoms with E-state index in [4.69, 9.17) is 4.74 Å². The minimum absolute atomic E-state index is 0.188. The molecule has 1 aliphatic heterocycles. The van der Waals surface area contributed by atoms with E-state index in [0.29, 0.717) is 6.54 Å². The number of hydrogen-bond acceptors (Lipinski definition) is 5. The summed E-state index contributed by atoms with van der Waals surface area (Å²) in [6, 6.07) is 0. The van der Waals surface area contributed by atoms with Gasteiger partial charge in [0.1, 0.15) is 9.84 Å². The van der Waals surface area contributed by atoms with Crippen LogP contribution in [0.2, 0.25) is 0 Å². The number of hydrogen-bond donors (Lipinski definition) is 1. The van der Waals surface area contributed by atoms with E-state index in [1.165, 1.54) is 6.26 Å². The van der Waals surface area contributed by atoms with Crippen molar-refractivity contribution < 1.29 is 13.2 Å². The Labute approximate surface area is 98.1 Å². The van der Waals surface area contributed by atoms with Gasteiger partial charge in [-0.2, -0.15) is 0 Å². The van der Waals surface area contributed by atoms with Crippen LogP contribution >= 0.6 is 0 Å². The van der Waals surface area contributed by atoms with Crippen LogP contribution in [0.4, 0.5) is 0 Å². The second kappa shape index (κ2) is 6.54. The van der Waals surface area contributed by atoms with Crippen molar-refractivity contribution >= 4 is 9.84 Å². The third-order valence-electron chi connectivity index (χ3n) is 2.69. The molecule has 6 heteroatoms. The van der Waals surface area contributed by atoms with E-state index in [1.807, 2.05) is 0 Å². The Morgan fingerprint density at radius 1 is 1.50 bits per heavy atom. The van der Waals surface area contributed by atoms with Gasteiger partial charge in [0.2, 0.25) is 0 Å². The topological polar surface area (TPSA) is 58.6 Å². The number of rotatable bonds is 6. The smallest absolute Gasteiger partial charge is 0.148 e. The van der Waals surface area contributed by atoms with Crippen LogP contribution in [-0.4, -0.2) is 70.8 Å². The molecule has 0 aromatic rings. The van der Waals surface area contributed by atoms with Gasteiger partial charge in [-0.1, -0.05) is 6.92 Å². The average molecular weight is 250 g/mol. The van der Waals surface area contributed by atoms with Crippen molar-refractivity contribution in [1.29, 1.82) is 0 Å². The van der Waals surface area contributed by atoms with Gasteiger partial charge in [-0.15, -0.1) is 0 Å². The molecule has 1 rings (SSSR count). The molecule has 1 saturated heterocycles. The molecule has 0 spiro atoms. The monoisotopic (exact) mass is 250 g/mol. The van der Waals surface area contributed by atoms with Gasteiger partial charge in [0, 0.05) is 32.4 Å². The number of ether oxygens (including phenoxy) is 1. The standard InChI is InChI=1S/C10H22N2O3S/c1-3-12-5-6-15-10(9-12)8-11-4-7-16(2,13)14/h10-11H,3-9H2,1-2H3/t10-/m0/s1. The highest BCUT2D eigenvalue weighted by atomic mass is 32.2. The molecule has 16 heavy (non-hydrogen) atoms. The summed E-state index contributed by atoms with van der Waals surface area (Å²) in [7, 11) is -2.86. The number of likely N-dealkylation sites (N-methyl/N-ethyl adjacent to an activating group) is 1. The molecule has 1 heterocycles. The number of sulfone groups is 1. The summed E-state index contributed by atoms with van der Waals surface area (Å²) in [4.78, 5) is 2.34. The minimum atomic E-state index is -2.86. The maximum absolute atomic E-state index is 10.9. The SMILES string of the molecule is CCN1CCO[C@@H](CNCCS(C)(=O)=O)C1. The molecule has 0 aromatic carbocycles. The first kappa shape index (κ1) is 13.9. The predicted octanol–water partition coefficient (Wildman–Crippen LogP) is -0.659. The van der Waals surface area contributed by atoms with Crippen LogP contribution in [0.5, 0.6) is 0 Å². The summed E-state index contributed by atoms with van der Waals surface area (Å²) in [6.45, 7) is 7.12. The van der Waals surface area contributed by atoms with Gasteiger partial charge in [0.05, 0.1) is 18.5 Å². The average Bonchev–Trinajstić information content (AvgIpc) is 2.23. The molecule has 1 fully saturated rings. The molecule has 96 valence electrons. The van der Waals surface area contributed by atoms with Crippen LogP contribution < -0.4 is 5.32 Å². The van der Waals surface area contributed by atoms with E-state index >= 15 is 0 Å². The van der Waals surface area contributed by atoms with Crippen molar-refractivity contribution in [2.45, 2.75) is 13.0 Å². The predicted molar refractivity (Wildman–Crippen MR) is 64.4 cm³/mol. The molecule has 0 aliphatic carbocycles. The first-order chi connectivity index (χ1) is 7.51. The Morgan fingerprint density at radius 2 is 2.25 bits per heavy atom. The van der Waals surface area contributed by atoms with Gasteiger partial charge in [0.25, 0.3) is 0 Å². The van der Waals surface area contributed by atoms with E-state index < -0.39 is 9.84 Å². The number of morpholine rings is 1. The van der Waals surface area contributed by atoms with Gasteiger partial charge in [-0.25, -0.2) is 8.42 Å². The Bertz CT molecular complexity index is 292. The Kier molecular flexibility index (Phi) is 5.68. The molecule has 0 saturated carbocycles. The van der Waals surface area contributed by atoms with Crippen LogP contribution in [0.3, 0.4) is 0 Å². The molecule has 1 N–H and O–H groups in total. The van der Waals surface area contributed by atoms with E-state index in [9.17, 15) is 8.42 Å². The zero-order valence-electron chi connectivity index (χ0n) is 10.1. The zero-order valence-corrected chi connectivity index (χ0v) is 10.9. The zero-order chi connectivity index (χ0) is 12.0. The number of nitrogens with one attached hydrogen (secondary N) is 1. The minimum Gasteiger partial charge on any atom is -0.374 e. The molecule has 0 amide bonds. The van der Waals surface area contributed by atoms with E-state index in [1.54, 1.807) is 0 Å². The molecular formula is C10H22N2O3S.